The zero-order valence-electron chi connectivity index (χ0n) is 17.5. The van der Waals surface area contributed by atoms with Gasteiger partial charge in [-0.2, -0.15) is 0 Å². The van der Waals surface area contributed by atoms with Crippen molar-refractivity contribution in [2.24, 2.45) is 5.92 Å². The number of benzene rings is 1. The number of hydrogen-bond acceptors (Lipinski definition) is 7. The van der Waals surface area contributed by atoms with E-state index >= 15 is 0 Å². The maximum absolute atomic E-state index is 13.4. The number of nitro benzene ring substituents is 1. The summed E-state index contributed by atoms with van der Waals surface area (Å²) in [5.74, 6) is -1.97. The fourth-order valence-electron chi connectivity index (χ4n) is 3.71. The number of likely N-dealkylation sites (tertiary alicyclic amines) is 1. The number of nitrogens with zero attached hydrogens (tertiary/aromatic N) is 3. The molecule has 0 spiro atoms. The quantitative estimate of drug-likeness (QED) is 0.211. The van der Waals surface area contributed by atoms with E-state index in [-0.39, 0.29) is 42.8 Å². The maximum Gasteiger partial charge on any atom is 0.309 e. The Morgan fingerprint density at radius 2 is 1.88 bits per heavy atom. The topological polar surface area (TPSA) is 129 Å². The lowest BCUT2D eigenvalue weighted by Crippen LogP contribution is -2.47. The average Bonchev–Trinajstić information content (AvgIpc) is 2.80. The molecular formula is C22H23N3O7. The zero-order valence-corrected chi connectivity index (χ0v) is 17.5. The minimum atomic E-state index is -1.51. The highest BCUT2D eigenvalue weighted by Crippen LogP contribution is 2.24. The number of aromatic nitrogens is 1. The fraction of sp³-hybridized carbons (Fsp3) is 0.364. The molecule has 1 aliphatic heterocycles. The Morgan fingerprint density at radius 1 is 1.16 bits per heavy atom. The van der Waals surface area contributed by atoms with Crippen molar-refractivity contribution in [1.82, 2.24) is 9.47 Å². The molecule has 1 unspecified atom stereocenters. The molecule has 0 aliphatic carbocycles. The highest BCUT2D eigenvalue weighted by Gasteiger charge is 2.36. The predicted octanol–water partition coefficient (Wildman–Crippen LogP) is 1.98. The van der Waals surface area contributed by atoms with Gasteiger partial charge in [-0.1, -0.05) is 18.2 Å². The first-order chi connectivity index (χ1) is 15.3. The van der Waals surface area contributed by atoms with Crippen LogP contribution in [0.15, 0.2) is 53.5 Å². The van der Waals surface area contributed by atoms with Crippen molar-refractivity contribution in [3.63, 3.8) is 0 Å². The minimum Gasteiger partial charge on any atom is -0.466 e. The van der Waals surface area contributed by atoms with E-state index in [2.05, 4.69) is 0 Å². The molecule has 32 heavy (non-hydrogen) atoms. The van der Waals surface area contributed by atoms with Gasteiger partial charge in [0, 0.05) is 43.0 Å². The largest absolute Gasteiger partial charge is 0.466 e. The number of non-ortho nitro benzene ring substituents is 1. The van der Waals surface area contributed by atoms with Gasteiger partial charge >= 0.3 is 5.97 Å². The van der Waals surface area contributed by atoms with Crippen LogP contribution in [0.25, 0.3) is 0 Å². The number of ketones is 1. The summed E-state index contributed by atoms with van der Waals surface area (Å²) in [6.45, 7) is 2.44. The number of nitro groups is 1. The molecule has 1 saturated heterocycles. The number of ether oxygens (including phenoxy) is 1. The van der Waals surface area contributed by atoms with E-state index in [1.54, 1.807) is 6.92 Å². The summed E-state index contributed by atoms with van der Waals surface area (Å²) < 4.78 is 6.07. The molecule has 3 rings (SSSR count). The van der Waals surface area contributed by atoms with Gasteiger partial charge < -0.3 is 9.64 Å². The van der Waals surface area contributed by atoms with Crippen LogP contribution in [0.2, 0.25) is 0 Å². The van der Waals surface area contributed by atoms with Crippen LogP contribution in [-0.4, -0.2) is 51.7 Å². The van der Waals surface area contributed by atoms with Crippen molar-refractivity contribution in [3.05, 3.63) is 74.7 Å². The Morgan fingerprint density at radius 3 is 2.50 bits per heavy atom. The predicted molar refractivity (Wildman–Crippen MR) is 113 cm³/mol. The number of amides is 1. The molecule has 1 aliphatic rings. The van der Waals surface area contributed by atoms with Gasteiger partial charge in [0.1, 0.15) is 0 Å². The van der Waals surface area contributed by atoms with Crippen molar-refractivity contribution in [2.75, 3.05) is 19.7 Å². The molecule has 0 saturated carbocycles. The van der Waals surface area contributed by atoms with Crippen molar-refractivity contribution >= 4 is 23.3 Å². The van der Waals surface area contributed by atoms with Gasteiger partial charge in [-0.05, 0) is 25.8 Å². The first-order valence-electron chi connectivity index (χ1n) is 10.2. The SMILES string of the molecule is CCOC(=O)C1CCN(C(=O)C(C(=O)c2cccc([N+](=O)[O-])c2)n2ccccc2=O)CC1. The first-order valence-corrected chi connectivity index (χ1v) is 10.2. The number of rotatable bonds is 7. The van der Waals surface area contributed by atoms with E-state index in [0.717, 1.165) is 10.6 Å². The molecule has 1 aromatic heterocycles. The highest BCUT2D eigenvalue weighted by atomic mass is 16.6. The van der Waals surface area contributed by atoms with Crippen LogP contribution in [0.5, 0.6) is 0 Å². The third-order valence-corrected chi connectivity index (χ3v) is 5.38. The summed E-state index contributed by atoms with van der Waals surface area (Å²) >= 11 is 0. The van der Waals surface area contributed by atoms with Gasteiger partial charge in [-0.3, -0.25) is 33.9 Å². The normalized spacial score (nSPS) is 15.1. The molecule has 0 radical (unpaired) electrons. The third-order valence-electron chi connectivity index (χ3n) is 5.38. The first kappa shape index (κ1) is 22.9. The number of pyridine rings is 1. The van der Waals surface area contributed by atoms with Gasteiger partial charge in [-0.15, -0.1) is 0 Å². The summed E-state index contributed by atoms with van der Waals surface area (Å²) in [7, 11) is 0. The maximum atomic E-state index is 13.4. The smallest absolute Gasteiger partial charge is 0.309 e. The number of piperidine rings is 1. The van der Waals surface area contributed by atoms with Gasteiger partial charge in [0.05, 0.1) is 17.4 Å². The molecule has 1 aromatic carbocycles. The van der Waals surface area contributed by atoms with Crippen LogP contribution in [0.3, 0.4) is 0 Å². The van der Waals surface area contributed by atoms with Crippen molar-refractivity contribution in [1.29, 1.82) is 0 Å². The Labute approximate surface area is 183 Å². The van der Waals surface area contributed by atoms with E-state index in [1.165, 1.54) is 47.5 Å². The second kappa shape index (κ2) is 9.99. The van der Waals surface area contributed by atoms with Gasteiger partial charge in [0.15, 0.2) is 11.8 Å². The van der Waals surface area contributed by atoms with E-state index in [4.69, 9.17) is 4.74 Å². The number of carbonyl (C=O) groups excluding carboxylic acids is 3. The minimum absolute atomic E-state index is 0.0466. The fourth-order valence-corrected chi connectivity index (χ4v) is 3.71. The van der Waals surface area contributed by atoms with Crippen molar-refractivity contribution in [3.8, 4) is 0 Å². The lowest BCUT2D eigenvalue weighted by molar-refractivity contribution is -0.384. The molecule has 0 bridgehead atoms. The van der Waals surface area contributed by atoms with Crippen LogP contribution in [0.1, 0.15) is 36.2 Å². The molecule has 10 nitrogen and oxygen atoms in total. The molecular weight excluding hydrogens is 418 g/mol. The Hall–Kier alpha value is -3.82. The molecule has 2 aromatic rings. The molecule has 1 amide bonds. The number of Topliss-reactive ketones (excluding diaryl/α,β-unsaturated/α-hetero) is 1. The number of carbonyl (C=O) groups is 3. The van der Waals surface area contributed by atoms with E-state index < -0.39 is 28.2 Å². The molecule has 2 heterocycles. The molecule has 1 atom stereocenters. The highest BCUT2D eigenvalue weighted by molar-refractivity contribution is 6.12. The van der Waals surface area contributed by atoms with E-state index in [9.17, 15) is 29.3 Å². The second-order valence-corrected chi connectivity index (χ2v) is 7.37. The van der Waals surface area contributed by atoms with Crippen LogP contribution in [0.4, 0.5) is 5.69 Å². The Balaban J connectivity index is 1.90. The van der Waals surface area contributed by atoms with E-state index in [1.807, 2.05) is 0 Å². The Kier molecular flexibility index (Phi) is 7.14. The van der Waals surface area contributed by atoms with Crippen molar-refractivity contribution in [2.45, 2.75) is 25.8 Å². The summed E-state index contributed by atoms with van der Waals surface area (Å²) in [4.78, 5) is 63.0. The average molecular weight is 441 g/mol. The molecule has 1 fully saturated rings. The van der Waals surface area contributed by atoms with Crippen molar-refractivity contribution < 1.29 is 24.0 Å². The molecule has 10 heteroatoms. The van der Waals surface area contributed by atoms with Gasteiger partial charge in [0.25, 0.3) is 17.2 Å². The van der Waals surface area contributed by atoms with E-state index in [0.29, 0.717) is 12.8 Å². The molecule has 0 N–H and O–H groups in total. The lowest BCUT2D eigenvalue weighted by Gasteiger charge is -2.33. The van der Waals surface area contributed by atoms with Crippen LogP contribution in [0, 0.1) is 16.0 Å². The second-order valence-electron chi connectivity index (χ2n) is 7.37. The third kappa shape index (κ3) is 4.90. The van der Waals surface area contributed by atoms with Crippen LogP contribution < -0.4 is 5.56 Å². The molecule has 168 valence electrons. The van der Waals surface area contributed by atoms with Gasteiger partial charge in [-0.25, -0.2) is 0 Å². The number of esters is 1. The number of hydrogen-bond donors (Lipinski definition) is 0. The monoisotopic (exact) mass is 441 g/mol. The summed E-state index contributed by atoms with van der Waals surface area (Å²) in [5.41, 5.74) is -0.890. The lowest BCUT2D eigenvalue weighted by atomic mass is 9.95. The zero-order chi connectivity index (χ0) is 23.3. The summed E-state index contributed by atoms with van der Waals surface area (Å²) in [6, 6.07) is 7.78. The summed E-state index contributed by atoms with van der Waals surface area (Å²) in [6.07, 6.45) is 2.10. The van der Waals surface area contributed by atoms with Crippen LogP contribution >= 0.6 is 0 Å². The van der Waals surface area contributed by atoms with Gasteiger partial charge in [0.2, 0.25) is 0 Å². The summed E-state index contributed by atoms with van der Waals surface area (Å²) in [5, 5.41) is 11.1. The Bertz CT molecular complexity index is 1090. The standard InChI is InChI=1S/C22H23N3O7/c1-2-32-22(29)15-9-12-23(13-10-15)21(28)19(24-11-4-3-8-18(24)26)20(27)16-6-5-7-17(14-16)25(30)31/h3-8,11,14-15,19H,2,9-10,12-13H2,1H3. The van der Waals surface area contributed by atoms with Crippen LogP contribution in [-0.2, 0) is 14.3 Å².